The fourth-order valence-electron chi connectivity index (χ4n) is 22.7. The number of benzene rings is 20. The first-order chi connectivity index (χ1) is 71.7. The SMILES string of the molecule is Cc1cccc(-c2ccc3c(c2)c2cc(-c4cccc(C)c4)ccc2n3-c2cc(C#N)cc(-n3c4ccc(-c5cccc(C)c5)cc4c4cc(-c5ccc(-c6cc(-c7cccc(C)c7)cc7c6c6ccc(-c8cccc(C)c8)cc6n7-c6cc(C#N)cc(-n7c8cc(-c9cccc(C)c9)ccc8c8ccc(-c9cccc(C)c9)cc87)c6-c6c(C#N)cccc6C(F)(F)F)c(C)c5)ccc43)c2-c2c(C#N)cccc2C(F)(F)F)c1. The van der Waals surface area contributed by atoms with Crippen LogP contribution in [0.5, 0.6) is 0 Å². The van der Waals surface area contributed by atoms with Gasteiger partial charge in [-0.2, -0.15) is 47.4 Å². The number of hydrogen-bond acceptors (Lipinski definition) is 4. The molecule has 4 heterocycles. The Morgan fingerprint density at radius 1 is 0.196 bits per heavy atom. The molecular weight excluding hydrogens is 1840 g/mol. The smallest absolute Gasteiger partial charge is 0.308 e. The molecule has 0 atom stereocenters. The van der Waals surface area contributed by atoms with Crippen LogP contribution in [-0.4, -0.2) is 18.3 Å². The molecule has 0 unspecified atom stereocenters. The van der Waals surface area contributed by atoms with Crippen molar-refractivity contribution in [2.45, 2.75) is 67.7 Å². The Hall–Kier alpha value is -18.9. The summed E-state index contributed by atoms with van der Waals surface area (Å²) in [5.74, 6) is 0. The Bertz CT molecular complexity index is 9800. The van der Waals surface area contributed by atoms with Crippen LogP contribution in [-0.2, 0) is 12.4 Å². The van der Waals surface area contributed by atoms with E-state index in [-0.39, 0.29) is 67.3 Å². The number of halogens is 6. The summed E-state index contributed by atoms with van der Waals surface area (Å²) in [6.45, 7) is 16.3. The van der Waals surface area contributed by atoms with Crippen LogP contribution in [0.1, 0.15) is 77.9 Å². The van der Waals surface area contributed by atoms with Gasteiger partial charge >= 0.3 is 12.4 Å². The molecule has 0 N–H and O–H groups in total. The summed E-state index contributed by atoms with van der Waals surface area (Å²) in [6, 6.07) is 135. The van der Waals surface area contributed by atoms with Gasteiger partial charge in [0.2, 0.25) is 0 Å². The Morgan fingerprint density at radius 2 is 0.453 bits per heavy atom. The van der Waals surface area contributed by atoms with Crippen LogP contribution in [0.2, 0.25) is 0 Å². The molecule has 0 spiro atoms. The van der Waals surface area contributed by atoms with Gasteiger partial charge in [0.1, 0.15) is 0 Å². The molecule has 0 saturated carbocycles. The van der Waals surface area contributed by atoms with Crippen molar-refractivity contribution in [2.24, 2.45) is 0 Å². The second-order valence-electron chi connectivity index (χ2n) is 39.2. The van der Waals surface area contributed by atoms with Gasteiger partial charge in [-0.15, -0.1) is 0 Å². The molecular formula is C134H88F6N8. The fourth-order valence-corrected chi connectivity index (χ4v) is 22.7. The number of rotatable bonds is 15. The molecule has 706 valence electrons. The number of aromatic nitrogens is 4. The highest BCUT2D eigenvalue weighted by molar-refractivity contribution is 6.21. The standard InChI is InChI=1S/C134H88F6N8/c1-77-18-9-25-87(52-77)95-40-48-116-109(64-95)110-65-96(88-26-10-19-78(2)53-88)41-49-117(110)145(116)123-60-85(73-141)61-124(131(123)128-102(75-143)32-16-34-114(128)133(135,136)137)146-118-50-42-97(89-27-11-20-79(3)54-89)66-111(118)112-67-98(43-51-119(112)146)94-36-44-105(84(8)59-94)113-68-104(93-31-15-24-83(7)58-93)72-127-130(113)108-47-39-101(92-30-14-23-82(6)57-92)71-122(108)148(127)126-63-86(74-142)62-125(132(126)129-103(76-144)33-17-35-115(129)134(138,139)140)147-120-69-99(90-28-12-21-80(4)55-90)37-45-106(120)107-46-38-100(70-121(107)147)91-29-13-22-81(5)56-91/h9-72H,1-8H3. The highest BCUT2D eigenvalue weighted by Gasteiger charge is 2.41. The summed E-state index contributed by atoms with van der Waals surface area (Å²) in [5.41, 5.74) is 26.3. The zero-order valence-electron chi connectivity index (χ0n) is 81.8. The highest BCUT2D eigenvalue weighted by Crippen LogP contribution is 2.55. The predicted molar refractivity (Wildman–Crippen MR) is 590 cm³/mol. The number of fused-ring (bicyclic) bond motifs is 12. The van der Waals surface area contributed by atoms with Gasteiger partial charge in [0.05, 0.1) is 125 Å². The van der Waals surface area contributed by atoms with Crippen molar-refractivity contribution in [3.05, 3.63) is 466 Å². The summed E-state index contributed by atoms with van der Waals surface area (Å²) in [4.78, 5) is 0. The number of nitrogens with zero attached hydrogens (tertiary/aromatic N) is 8. The number of alkyl halides is 6. The molecule has 14 heteroatoms. The molecule has 0 amide bonds. The van der Waals surface area contributed by atoms with E-state index in [1.54, 1.807) is 24.3 Å². The molecule has 8 nitrogen and oxygen atoms in total. The Morgan fingerprint density at radius 3 is 0.757 bits per heavy atom. The van der Waals surface area contributed by atoms with E-state index < -0.39 is 23.5 Å². The van der Waals surface area contributed by atoms with Crippen LogP contribution in [0, 0.1) is 101 Å². The van der Waals surface area contributed by atoms with Crippen LogP contribution >= 0.6 is 0 Å². The maximum Gasteiger partial charge on any atom is 0.417 e. The van der Waals surface area contributed by atoms with Gasteiger partial charge in [0.15, 0.2) is 0 Å². The third-order valence-electron chi connectivity index (χ3n) is 29.4. The van der Waals surface area contributed by atoms with Crippen molar-refractivity contribution in [2.75, 3.05) is 0 Å². The number of hydrogen-bond donors (Lipinski definition) is 0. The lowest BCUT2D eigenvalue weighted by Gasteiger charge is -2.24. The van der Waals surface area contributed by atoms with Crippen molar-refractivity contribution in [3.8, 4) is 169 Å². The van der Waals surface area contributed by atoms with Crippen LogP contribution in [0.4, 0.5) is 26.3 Å². The molecule has 20 aromatic carbocycles. The minimum atomic E-state index is -5.05. The number of aryl methyl sites for hydroxylation is 8. The van der Waals surface area contributed by atoms with Crippen molar-refractivity contribution >= 4 is 87.2 Å². The summed E-state index contributed by atoms with van der Waals surface area (Å²) in [6.07, 6.45) is -10.1. The zero-order valence-corrected chi connectivity index (χ0v) is 81.8. The quantitative estimate of drug-likeness (QED) is 0.0951. The van der Waals surface area contributed by atoms with E-state index in [1.165, 1.54) is 24.3 Å². The van der Waals surface area contributed by atoms with Crippen molar-refractivity contribution in [1.82, 2.24) is 18.3 Å². The second-order valence-corrected chi connectivity index (χ2v) is 39.2. The predicted octanol–water partition coefficient (Wildman–Crippen LogP) is 36.4. The minimum Gasteiger partial charge on any atom is -0.308 e. The van der Waals surface area contributed by atoms with E-state index >= 15 is 26.3 Å². The summed E-state index contributed by atoms with van der Waals surface area (Å²) in [5, 5.41) is 53.1. The normalized spacial score (nSPS) is 11.8. The van der Waals surface area contributed by atoms with E-state index in [0.717, 1.165) is 200 Å². The monoisotopic (exact) mass is 1920 g/mol. The van der Waals surface area contributed by atoms with E-state index in [4.69, 9.17) is 0 Å². The molecule has 0 radical (unpaired) electrons. The third kappa shape index (κ3) is 15.7. The van der Waals surface area contributed by atoms with Gasteiger partial charge in [-0.3, -0.25) is 0 Å². The first-order valence-electron chi connectivity index (χ1n) is 49.1. The van der Waals surface area contributed by atoms with E-state index in [0.29, 0.717) is 44.1 Å². The first-order valence-corrected chi connectivity index (χ1v) is 49.1. The van der Waals surface area contributed by atoms with Gasteiger partial charge in [0, 0.05) is 65.3 Å². The molecule has 24 aromatic rings. The average Bonchev–Trinajstić information content (AvgIpc) is 1.53. The van der Waals surface area contributed by atoms with E-state index in [9.17, 15) is 21.0 Å². The van der Waals surface area contributed by atoms with Crippen LogP contribution < -0.4 is 0 Å². The third-order valence-corrected chi connectivity index (χ3v) is 29.4. The van der Waals surface area contributed by atoms with Gasteiger partial charge in [-0.05, 0) is 288 Å². The molecule has 0 aliphatic rings. The highest BCUT2D eigenvalue weighted by atomic mass is 19.4. The summed E-state index contributed by atoms with van der Waals surface area (Å²) < 4.78 is 109. The molecule has 148 heavy (non-hydrogen) atoms. The molecule has 24 rings (SSSR count). The van der Waals surface area contributed by atoms with E-state index in [2.05, 4.69) is 195 Å². The minimum absolute atomic E-state index is 0.0414. The van der Waals surface area contributed by atoms with Crippen LogP contribution in [0.15, 0.2) is 388 Å². The molecule has 0 saturated heterocycles. The molecule has 4 aromatic heterocycles. The van der Waals surface area contributed by atoms with Crippen molar-refractivity contribution < 1.29 is 26.3 Å². The second kappa shape index (κ2) is 35.6. The summed E-state index contributed by atoms with van der Waals surface area (Å²) >= 11 is 0. The largest absolute Gasteiger partial charge is 0.417 e. The fraction of sp³-hybridized carbons (Fsp3) is 0.0746. The molecule has 0 aliphatic heterocycles. The lowest BCUT2D eigenvalue weighted by Crippen LogP contribution is -2.12. The maximum atomic E-state index is 17.1. The van der Waals surface area contributed by atoms with Gasteiger partial charge in [0.25, 0.3) is 0 Å². The van der Waals surface area contributed by atoms with Crippen LogP contribution in [0.25, 0.3) is 232 Å². The first kappa shape index (κ1) is 91.6. The maximum absolute atomic E-state index is 17.1. The van der Waals surface area contributed by atoms with Gasteiger partial charge in [-0.1, -0.05) is 300 Å². The topological polar surface area (TPSA) is 115 Å². The molecule has 0 fully saturated rings. The zero-order chi connectivity index (χ0) is 102. The molecule has 0 bridgehead atoms. The van der Waals surface area contributed by atoms with Gasteiger partial charge < -0.3 is 18.3 Å². The average molecular weight is 1920 g/mol. The van der Waals surface area contributed by atoms with Crippen LogP contribution in [0.3, 0.4) is 0 Å². The Balaban J connectivity index is 0.765. The molecule has 0 aliphatic carbocycles. The summed E-state index contributed by atoms with van der Waals surface area (Å²) in [7, 11) is 0. The number of nitriles is 4. The lowest BCUT2D eigenvalue weighted by molar-refractivity contribution is -0.137. The van der Waals surface area contributed by atoms with Crippen molar-refractivity contribution in [1.29, 1.82) is 21.0 Å². The Kier molecular flexibility index (Phi) is 22.0. The lowest BCUT2D eigenvalue weighted by atomic mass is 9.89. The van der Waals surface area contributed by atoms with E-state index in [1.807, 2.05) is 231 Å². The van der Waals surface area contributed by atoms with Gasteiger partial charge in [-0.25, -0.2) is 0 Å². The van der Waals surface area contributed by atoms with Crippen molar-refractivity contribution in [3.63, 3.8) is 0 Å². The Labute approximate surface area is 850 Å².